The first kappa shape index (κ1) is 13.8. The van der Waals surface area contributed by atoms with Crippen LogP contribution in [0.25, 0.3) is 0 Å². The van der Waals surface area contributed by atoms with Crippen molar-refractivity contribution >= 4 is 0 Å². The molecular weight excluding hydrogens is 230 g/mol. The molecule has 0 spiro atoms. The Labute approximate surface area is 116 Å². The molecular formula is C18H23N. The van der Waals surface area contributed by atoms with E-state index in [1.807, 2.05) is 12.1 Å². The van der Waals surface area contributed by atoms with Crippen molar-refractivity contribution in [1.29, 1.82) is 0 Å². The summed E-state index contributed by atoms with van der Waals surface area (Å²) in [6.07, 6.45) is 1.02. The molecule has 0 saturated heterocycles. The van der Waals surface area contributed by atoms with Crippen LogP contribution in [-0.2, 0) is 5.54 Å². The normalized spacial score (nSPS) is 12.4. The highest BCUT2D eigenvalue weighted by atomic mass is 14.8. The molecule has 0 saturated carbocycles. The minimum absolute atomic E-state index is 0.0181. The molecule has 0 atom stereocenters. The van der Waals surface area contributed by atoms with E-state index in [9.17, 15) is 0 Å². The second-order valence-corrected chi connectivity index (χ2v) is 5.78. The molecule has 1 nitrogen and oxygen atoms in total. The third-order valence-electron chi connectivity index (χ3n) is 4.41. The summed E-state index contributed by atoms with van der Waals surface area (Å²) in [7, 11) is 0. The van der Waals surface area contributed by atoms with Gasteiger partial charge in [0.2, 0.25) is 0 Å². The second kappa shape index (κ2) is 5.18. The molecule has 0 fully saturated rings. The average molecular weight is 253 g/mol. The zero-order valence-corrected chi connectivity index (χ0v) is 12.1. The summed E-state index contributed by atoms with van der Waals surface area (Å²) in [5, 5.41) is 0. The highest BCUT2D eigenvalue weighted by Crippen LogP contribution is 2.44. The van der Waals surface area contributed by atoms with E-state index in [1.54, 1.807) is 0 Å². The molecule has 0 radical (unpaired) electrons. The van der Waals surface area contributed by atoms with Crippen molar-refractivity contribution < 1.29 is 0 Å². The van der Waals surface area contributed by atoms with Crippen LogP contribution in [0.3, 0.4) is 0 Å². The van der Waals surface area contributed by atoms with E-state index in [1.165, 1.54) is 11.1 Å². The molecule has 2 aromatic carbocycles. The fourth-order valence-corrected chi connectivity index (χ4v) is 2.63. The molecule has 0 unspecified atom stereocenters. The van der Waals surface area contributed by atoms with Gasteiger partial charge in [-0.3, -0.25) is 0 Å². The van der Waals surface area contributed by atoms with E-state index in [-0.39, 0.29) is 5.41 Å². The molecule has 0 aliphatic heterocycles. The van der Waals surface area contributed by atoms with Gasteiger partial charge in [0.05, 0.1) is 5.54 Å². The predicted octanol–water partition coefficient (Wildman–Crippen LogP) is 4.33. The molecule has 0 bridgehead atoms. The number of hydrogen-bond donors (Lipinski definition) is 1. The third-order valence-corrected chi connectivity index (χ3v) is 4.41. The van der Waals surface area contributed by atoms with Crippen molar-refractivity contribution in [2.24, 2.45) is 11.1 Å². The van der Waals surface area contributed by atoms with E-state index in [4.69, 9.17) is 5.73 Å². The number of rotatable bonds is 4. The van der Waals surface area contributed by atoms with E-state index >= 15 is 0 Å². The van der Waals surface area contributed by atoms with Gasteiger partial charge < -0.3 is 5.73 Å². The first-order valence-corrected chi connectivity index (χ1v) is 6.92. The Morgan fingerprint density at radius 2 is 1.16 bits per heavy atom. The second-order valence-electron chi connectivity index (χ2n) is 5.78. The summed E-state index contributed by atoms with van der Waals surface area (Å²) < 4.78 is 0. The first-order valence-electron chi connectivity index (χ1n) is 6.92. The Kier molecular flexibility index (Phi) is 3.77. The van der Waals surface area contributed by atoms with Crippen molar-refractivity contribution in [2.45, 2.75) is 32.7 Å². The zero-order valence-electron chi connectivity index (χ0n) is 12.1. The Bertz CT molecular complexity index is 474. The third kappa shape index (κ3) is 2.31. The predicted molar refractivity (Wildman–Crippen MR) is 81.9 cm³/mol. The van der Waals surface area contributed by atoms with Crippen LogP contribution in [0.15, 0.2) is 60.7 Å². The van der Waals surface area contributed by atoms with E-state index in [2.05, 4.69) is 69.3 Å². The first-order chi connectivity index (χ1) is 9.02. The Hall–Kier alpha value is -1.60. The Balaban J connectivity index is 2.65. The van der Waals surface area contributed by atoms with Gasteiger partial charge >= 0.3 is 0 Å². The van der Waals surface area contributed by atoms with Crippen LogP contribution < -0.4 is 5.73 Å². The molecule has 0 aromatic heterocycles. The van der Waals surface area contributed by atoms with Gasteiger partial charge in [0.25, 0.3) is 0 Å². The fourth-order valence-electron chi connectivity index (χ4n) is 2.63. The molecule has 1 heteroatoms. The summed E-state index contributed by atoms with van der Waals surface area (Å²) in [6.45, 7) is 6.69. The van der Waals surface area contributed by atoms with Gasteiger partial charge in [0.1, 0.15) is 0 Å². The lowest BCUT2D eigenvalue weighted by atomic mass is 9.64. The van der Waals surface area contributed by atoms with Crippen molar-refractivity contribution in [1.82, 2.24) is 0 Å². The highest BCUT2D eigenvalue weighted by molar-refractivity contribution is 5.40. The molecule has 0 aliphatic rings. The number of nitrogens with two attached hydrogens (primary N) is 1. The van der Waals surface area contributed by atoms with Crippen molar-refractivity contribution in [3.05, 3.63) is 71.8 Å². The van der Waals surface area contributed by atoms with Crippen LogP contribution in [0.5, 0.6) is 0 Å². The average Bonchev–Trinajstić information content (AvgIpc) is 2.48. The van der Waals surface area contributed by atoms with Crippen LogP contribution in [0.4, 0.5) is 0 Å². The summed E-state index contributed by atoms with van der Waals surface area (Å²) in [6, 6.07) is 20.8. The molecule has 0 aliphatic carbocycles. The van der Waals surface area contributed by atoms with Crippen LogP contribution in [0.2, 0.25) is 0 Å². The van der Waals surface area contributed by atoms with Crippen molar-refractivity contribution in [2.75, 3.05) is 0 Å². The van der Waals surface area contributed by atoms with Crippen LogP contribution >= 0.6 is 0 Å². The maximum atomic E-state index is 6.93. The monoisotopic (exact) mass is 253 g/mol. The smallest absolute Gasteiger partial charge is 0.0717 e. The van der Waals surface area contributed by atoms with Gasteiger partial charge in [-0.05, 0) is 23.0 Å². The minimum Gasteiger partial charge on any atom is -0.317 e. The lowest BCUT2D eigenvalue weighted by Crippen LogP contribution is -2.50. The molecule has 19 heavy (non-hydrogen) atoms. The number of benzene rings is 2. The molecule has 0 amide bonds. The fraction of sp³-hybridized carbons (Fsp3) is 0.333. The quantitative estimate of drug-likeness (QED) is 0.862. The van der Waals surface area contributed by atoms with E-state index in [0.29, 0.717) is 0 Å². The van der Waals surface area contributed by atoms with Gasteiger partial charge in [0, 0.05) is 0 Å². The summed E-state index contributed by atoms with van der Waals surface area (Å²) in [5.74, 6) is 0. The van der Waals surface area contributed by atoms with Crippen molar-refractivity contribution in [3.63, 3.8) is 0 Å². The van der Waals surface area contributed by atoms with Gasteiger partial charge in [-0.1, -0.05) is 81.4 Å². The summed E-state index contributed by atoms with van der Waals surface area (Å²) >= 11 is 0. The minimum atomic E-state index is -0.468. The molecule has 2 rings (SSSR count). The van der Waals surface area contributed by atoms with Gasteiger partial charge in [-0.2, -0.15) is 0 Å². The summed E-state index contributed by atoms with van der Waals surface area (Å²) in [4.78, 5) is 0. The summed E-state index contributed by atoms with van der Waals surface area (Å²) in [5.41, 5.74) is 8.79. The molecule has 2 N–H and O–H groups in total. The molecule has 100 valence electrons. The highest BCUT2D eigenvalue weighted by Gasteiger charge is 2.43. The maximum absolute atomic E-state index is 6.93. The van der Waals surface area contributed by atoms with Gasteiger partial charge in [-0.25, -0.2) is 0 Å². The van der Waals surface area contributed by atoms with E-state index < -0.39 is 5.54 Å². The molecule has 0 heterocycles. The van der Waals surface area contributed by atoms with Crippen LogP contribution in [0, 0.1) is 5.41 Å². The Morgan fingerprint density at radius 3 is 1.47 bits per heavy atom. The van der Waals surface area contributed by atoms with Crippen LogP contribution in [-0.4, -0.2) is 0 Å². The maximum Gasteiger partial charge on any atom is 0.0717 e. The number of hydrogen-bond acceptors (Lipinski definition) is 1. The topological polar surface area (TPSA) is 26.0 Å². The zero-order chi connectivity index (χ0) is 13.9. The van der Waals surface area contributed by atoms with Gasteiger partial charge in [0.15, 0.2) is 0 Å². The van der Waals surface area contributed by atoms with Crippen LogP contribution in [0.1, 0.15) is 38.3 Å². The van der Waals surface area contributed by atoms with E-state index in [0.717, 1.165) is 6.42 Å². The Morgan fingerprint density at radius 1 is 0.789 bits per heavy atom. The lowest BCUT2D eigenvalue weighted by Gasteiger charge is -2.44. The lowest BCUT2D eigenvalue weighted by molar-refractivity contribution is 0.197. The van der Waals surface area contributed by atoms with Crippen molar-refractivity contribution in [3.8, 4) is 0 Å². The SMILES string of the molecule is CCC(C)(C)C(N)(c1ccccc1)c1ccccc1. The molecule has 2 aromatic rings. The largest absolute Gasteiger partial charge is 0.317 e. The standard InChI is InChI=1S/C18H23N/c1-4-17(2,3)18(19,15-11-7-5-8-12-15)16-13-9-6-10-14-16/h5-14H,4,19H2,1-3H3. The van der Waals surface area contributed by atoms with Gasteiger partial charge in [-0.15, -0.1) is 0 Å².